The van der Waals surface area contributed by atoms with Crippen molar-refractivity contribution < 1.29 is 40.8 Å². The van der Waals surface area contributed by atoms with Crippen LogP contribution in [0, 0.1) is 0 Å². The molecular formula is C39H68N8O9S2. The smallest absolute Gasteiger partial charge is 0.437 e. The van der Waals surface area contributed by atoms with Crippen LogP contribution in [0.1, 0.15) is 181 Å². The lowest BCUT2D eigenvalue weighted by Gasteiger charge is -2.43. The van der Waals surface area contributed by atoms with Gasteiger partial charge in [-0.1, -0.05) is 77.6 Å². The number of hydrogen-bond donors (Lipinski definition) is 2. The number of hydroxylamine groups is 4. The summed E-state index contributed by atoms with van der Waals surface area (Å²) in [4.78, 5) is 44.4. The zero-order valence-corrected chi connectivity index (χ0v) is 37.9. The molecule has 2 N–H and O–H groups in total. The van der Waals surface area contributed by atoms with E-state index in [1.165, 1.54) is 11.3 Å². The van der Waals surface area contributed by atoms with E-state index in [9.17, 15) is 22.8 Å². The zero-order valence-electron chi connectivity index (χ0n) is 36.3. The first kappa shape index (κ1) is 47.5. The molecule has 2 atom stereocenters. The summed E-state index contributed by atoms with van der Waals surface area (Å²) in [6, 6.07) is -1.52. The molecule has 17 nitrogen and oxygen atoms in total. The summed E-state index contributed by atoms with van der Waals surface area (Å²) in [5.41, 5.74) is -1.98. The number of nitrogens with zero attached hydrogens (tertiary/aromatic N) is 6. The van der Waals surface area contributed by atoms with Crippen LogP contribution < -0.4 is 10.6 Å². The SMILES string of the molecule is CCCCN(OS(=O)(=O)ON1C(=O)N2C[C@@H]1CC[C@H]2c1nnc([C@H]2C[C@H](NC(=NC(=O)OC(C)(C)C)NC(=O)OC(C)(C)C)C2)s1)C(CCC)(CCCC)CCCC. The van der Waals surface area contributed by atoms with Gasteiger partial charge in [-0.15, -0.1) is 19.5 Å². The van der Waals surface area contributed by atoms with E-state index in [2.05, 4.69) is 53.5 Å². The number of unbranched alkanes of at least 4 members (excludes halogenated alkanes) is 3. The second-order valence-corrected chi connectivity index (χ2v) is 19.9. The highest BCUT2D eigenvalue weighted by Crippen LogP contribution is 2.44. The van der Waals surface area contributed by atoms with Gasteiger partial charge in [0.2, 0.25) is 5.96 Å². The normalized spacial score (nSPS) is 21.6. The number of carbonyl (C=O) groups is 3. The fraction of sp³-hybridized carbons (Fsp3) is 0.846. The molecule has 1 aliphatic carbocycles. The highest BCUT2D eigenvalue weighted by molar-refractivity contribution is 7.81. The number of urea groups is 1. The monoisotopic (exact) mass is 856 g/mol. The fourth-order valence-electron chi connectivity index (χ4n) is 7.64. The molecule has 58 heavy (non-hydrogen) atoms. The minimum absolute atomic E-state index is 0.0472. The Morgan fingerprint density at radius 3 is 2.09 bits per heavy atom. The second kappa shape index (κ2) is 20.4. The molecule has 0 spiro atoms. The van der Waals surface area contributed by atoms with E-state index in [-0.39, 0.29) is 24.0 Å². The van der Waals surface area contributed by atoms with Crippen molar-refractivity contribution in [1.82, 2.24) is 35.9 Å². The van der Waals surface area contributed by atoms with Crippen molar-refractivity contribution in [2.45, 2.75) is 200 Å². The summed E-state index contributed by atoms with van der Waals surface area (Å²) in [7, 11) is -4.64. The van der Waals surface area contributed by atoms with Crippen LogP contribution in [0.5, 0.6) is 0 Å². The molecule has 4 amide bonds. The van der Waals surface area contributed by atoms with Crippen molar-refractivity contribution in [1.29, 1.82) is 0 Å². The molecule has 0 radical (unpaired) electrons. The van der Waals surface area contributed by atoms with Gasteiger partial charge in [-0.2, -0.15) is 22.8 Å². The number of aliphatic imine (C=N–C) groups is 1. The molecule has 2 bridgehead atoms. The molecular weight excluding hydrogens is 789 g/mol. The third kappa shape index (κ3) is 13.4. The van der Waals surface area contributed by atoms with E-state index < -0.39 is 51.4 Å². The maximum atomic E-state index is 13.8. The van der Waals surface area contributed by atoms with Crippen molar-refractivity contribution in [3.8, 4) is 0 Å². The zero-order chi connectivity index (χ0) is 42.9. The predicted molar refractivity (Wildman–Crippen MR) is 221 cm³/mol. The van der Waals surface area contributed by atoms with Crippen molar-refractivity contribution in [3.05, 3.63) is 10.0 Å². The number of rotatable bonds is 19. The van der Waals surface area contributed by atoms with Gasteiger partial charge in [0.15, 0.2) is 0 Å². The molecule has 0 aromatic carbocycles. The Morgan fingerprint density at radius 2 is 1.50 bits per heavy atom. The van der Waals surface area contributed by atoms with Crippen LogP contribution >= 0.6 is 11.3 Å². The average Bonchev–Trinajstić information content (AvgIpc) is 3.67. The summed E-state index contributed by atoms with van der Waals surface area (Å²) in [5, 5.41) is 18.7. The summed E-state index contributed by atoms with van der Waals surface area (Å²) in [5.74, 6) is -0.0266. The summed E-state index contributed by atoms with van der Waals surface area (Å²) in [6.45, 7) is 19.5. The van der Waals surface area contributed by atoms with Gasteiger partial charge in [0.1, 0.15) is 21.2 Å². The maximum absolute atomic E-state index is 13.8. The number of nitrogens with one attached hydrogen (secondary N) is 2. The predicted octanol–water partition coefficient (Wildman–Crippen LogP) is 8.26. The first-order chi connectivity index (χ1) is 27.2. The quantitative estimate of drug-likeness (QED) is 0.0768. The lowest BCUT2D eigenvalue weighted by Crippen LogP contribution is -2.51. The lowest BCUT2D eigenvalue weighted by molar-refractivity contribution is -0.172. The largest absolute Gasteiger partial charge is 0.444 e. The first-order valence-corrected chi connectivity index (χ1v) is 23.3. The average molecular weight is 857 g/mol. The van der Waals surface area contributed by atoms with Crippen LogP contribution in [-0.4, -0.2) is 99.7 Å². The summed E-state index contributed by atoms with van der Waals surface area (Å²) < 4.78 is 49.5. The number of ether oxygens (including phenoxy) is 2. The van der Waals surface area contributed by atoms with Crippen molar-refractivity contribution in [2.75, 3.05) is 13.1 Å². The van der Waals surface area contributed by atoms with E-state index in [4.69, 9.17) is 18.0 Å². The number of hydrogen-bond acceptors (Lipinski definition) is 13. The van der Waals surface area contributed by atoms with E-state index >= 15 is 0 Å². The van der Waals surface area contributed by atoms with Gasteiger partial charge in [-0.05, 0) is 92.9 Å². The molecule has 3 heterocycles. The Labute approximate surface area is 349 Å². The molecule has 3 aliphatic rings. The molecule has 2 saturated heterocycles. The highest BCUT2D eigenvalue weighted by atomic mass is 32.3. The Balaban J connectivity index is 1.40. The molecule has 0 unspecified atom stereocenters. The van der Waals surface area contributed by atoms with Gasteiger partial charge in [-0.3, -0.25) is 5.32 Å². The third-order valence-electron chi connectivity index (χ3n) is 10.4. The van der Waals surface area contributed by atoms with E-state index in [0.717, 1.165) is 74.3 Å². The first-order valence-electron chi connectivity index (χ1n) is 21.1. The van der Waals surface area contributed by atoms with Crippen molar-refractivity contribution >= 4 is 45.9 Å². The summed E-state index contributed by atoms with van der Waals surface area (Å²) in [6.07, 6.45) is 9.52. The van der Waals surface area contributed by atoms with Gasteiger partial charge >= 0.3 is 28.6 Å². The second-order valence-electron chi connectivity index (χ2n) is 17.8. The highest BCUT2D eigenvalue weighted by Gasteiger charge is 2.50. The Hall–Kier alpha value is -3.13. The standard InChI is InChI=1S/C39H68N8O9S2/c1-11-15-21-39(20-14-4,22-16-12-2)46(23-17-13-3)55-58(51,52)56-47-29-18-19-30(45(26-29)36(47)50)32-44-43-31(57-32)27-24-28(25-27)40-33(41-34(48)53-37(5,6)7)42-35(49)54-38(8,9)10/h27-30H,11-26H2,1-10H3,(H2,40,41,42,48,49)/t27-,28-,29-,30-/m0/s1. The lowest BCUT2D eigenvalue weighted by atomic mass is 9.81. The fourth-order valence-corrected chi connectivity index (χ4v) is 9.62. The Morgan fingerprint density at radius 1 is 0.879 bits per heavy atom. The number of aromatic nitrogens is 2. The molecule has 2 aliphatic heterocycles. The van der Waals surface area contributed by atoms with Gasteiger partial charge < -0.3 is 19.7 Å². The Bertz CT molecular complexity index is 1660. The molecule has 4 rings (SSSR count). The Kier molecular flexibility index (Phi) is 16.7. The number of fused-ring (bicyclic) bond motifs is 2. The van der Waals surface area contributed by atoms with Crippen LogP contribution in [0.4, 0.5) is 14.4 Å². The van der Waals surface area contributed by atoms with E-state index in [1.54, 1.807) is 51.5 Å². The van der Waals surface area contributed by atoms with Gasteiger partial charge in [-0.25, -0.2) is 14.4 Å². The van der Waals surface area contributed by atoms with Crippen LogP contribution in [0.3, 0.4) is 0 Å². The molecule has 3 fully saturated rings. The molecule has 1 saturated carbocycles. The summed E-state index contributed by atoms with van der Waals surface area (Å²) >= 11 is 1.42. The number of piperidine rings is 1. The van der Waals surface area contributed by atoms with Crippen LogP contribution in [0.15, 0.2) is 4.99 Å². The maximum Gasteiger partial charge on any atom is 0.437 e. The minimum atomic E-state index is -4.64. The van der Waals surface area contributed by atoms with E-state index in [0.29, 0.717) is 43.8 Å². The van der Waals surface area contributed by atoms with E-state index in [1.807, 2.05) is 0 Å². The van der Waals surface area contributed by atoms with Gasteiger partial charge in [0.05, 0.1) is 12.1 Å². The van der Waals surface area contributed by atoms with Crippen LogP contribution in [-0.2, 0) is 28.4 Å². The molecule has 330 valence electrons. The molecule has 19 heteroatoms. The van der Waals surface area contributed by atoms with Gasteiger partial charge in [0, 0.05) is 30.6 Å². The van der Waals surface area contributed by atoms with Crippen LogP contribution in [0.2, 0.25) is 0 Å². The minimum Gasteiger partial charge on any atom is -0.444 e. The number of alkyl carbamates (subject to hydrolysis) is 1. The third-order valence-corrected chi connectivity index (χ3v) is 12.3. The number of carbonyl (C=O) groups excluding carboxylic acids is 3. The van der Waals surface area contributed by atoms with Crippen molar-refractivity contribution in [3.63, 3.8) is 0 Å². The van der Waals surface area contributed by atoms with Gasteiger partial charge in [0.25, 0.3) is 0 Å². The molecule has 1 aromatic heterocycles. The van der Waals surface area contributed by atoms with Crippen LogP contribution in [0.25, 0.3) is 0 Å². The number of guanidine groups is 1. The topological polar surface area (TPSA) is 194 Å². The van der Waals surface area contributed by atoms with Crippen molar-refractivity contribution in [2.24, 2.45) is 4.99 Å². The number of amides is 4. The molecule has 1 aromatic rings.